The molecule has 2 aromatic carbocycles. The zero-order chi connectivity index (χ0) is 22.8. The van der Waals surface area contributed by atoms with Gasteiger partial charge in [-0.3, -0.25) is 19.7 Å². The second-order valence-electron chi connectivity index (χ2n) is 8.27. The Morgan fingerprint density at radius 2 is 2.03 bits per heavy atom. The van der Waals surface area contributed by atoms with Gasteiger partial charge in [-0.15, -0.1) is 0 Å². The molecule has 166 valence electrons. The molecule has 0 saturated carbocycles. The van der Waals surface area contributed by atoms with Crippen molar-refractivity contribution in [3.05, 3.63) is 84.2 Å². The van der Waals surface area contributed by atoms with Crippen LogP contribution in [0.4, 0.5) is 10.2 Å². The van der Waals surface area contributed by atoms with Gasteiger partial charge in [0, 0.05) is 36.1 Å². The fourth-order valence-corrected chi connectivity index (χ4v) is 4.48. The van der Waals surface area contributed by atoms with E-state index in [1.165, 1.54) is 12.1 Å². The number of amides is 1. The summed E-state index contributed by atoms with van der Waals surface area (Å²) in [5.74, 6) is -0.411. The molecule has 7 heteroatoms. The number of piperidine rings is 1. The Morgan fingerprint density at radius 3 is 2.79 bits per heavy atom. The van der Waals surface area contributed by atoms with E-state index >= 15 is 4.39 Å². The maximum atomic E-state index is 15.3. The van der Waals surface area contributed by atoms with Crippen molar-refractivity contribution < 1.29 is 9.18 Å². The predicted molar refractivity (Wildman–Crippen MR) is 127 cm³/mol. The Morgan fingerprint density at radius 1 is 1.12 bits per heavy atom. The number of halogens is 1. The maximum Gasteiger partial charge on any atom is 0.262 e. The number of carbonyl (C=O) groups is 1. The van der Waals surface area contributed by atoms with Gasteiger partial charge in [0.05, 0.1) is 23.5 Å². The fourth-order valence-electron chi connectivity index (χ4n) is 4.48. The second kappa shape index (κ2) is 9.03. The summed E-state index contributed by atoms with van der Waals surface area (Å²) in [5, 5.41) is 5.28. The van der Waals surface area contributed by atoms with Crippen LogP contribution in [-0.2, 0) is 0 Å². The summed E-state index contributed by atoms with van der Waals surface area (Å²) in [6, 6.07) is 12.4. The van der Waals surface area contributed by atoms with E-state index in [0.29, 0.717) is 23.6 Å². The highest BCUT2D eigenvalue weighted by Crippen LogP contribution is 2.32. The van der Waals surface area contributed by atoms with Crippen LogP contribution in [0.15, 0.2) is 67.3 Å². The van der Waals surface area contributed by atoms with E-state index in [1.54, 1.807) is 35.8 Å². The zero-order valence-corrected chi connectivity index (χ0v) is 18.3. The van der Waals surface area contributed by atoms with Crippen LogP contribution in [0.2, 0.25) is 0 Å². The molecule has 3 heterocycles. The number of anilines is 1. The highest BCUT2D eigenvalue weighted by Gasteiger charge is 2.31. The van der Waals surface area contributed by atoms with Crippen molar-refractivity contribution in [2.24, 2.45) is 0 Å². The van der Waals surface area contributed by atoms with Crippen LogP contribution in [0.5, 0.6) is 0 Å². The Hall–Kier alpha value is -3.71. The number of aromatic nitrogens is 3. The molecule has 1 N–H and O–H groups in total. The predicted octanol–water partition coefficient (Wildman–Crippen LogP) is 4.54. The van der Waals surface area contributed by atoms with E-state index in [-0.39, 0.29) is 11.6 Å². The fraction of sp³-hybridized carbons (Fsp3) is 0.231. The first-order chi connectivity index (χ1) is 16.1. The molecule has 1 amide bonds. The van der Waals surface area contributed by atoms with Crippen LogP contribution < -0.4 is 10.2 Å². The third-order valence-corrected chi connectivity index (χ3v) is 6.12. The number of aryl methyl sites for hydroxylation is 1. The Labute approximate surface area is 191 Å². The molecule has 33 heavy (non-hydrogen) atoms. The quantitative estimate of drug-likeness (QED) is 0.504. The molecule has 0 unspecified atom stereocenters. The lowest BCUT2D eigenvalue weighted by atomic mass is 10.0. The Bertz CT molecular complexity index is 1300. The van der Waals surface area contributed by atoms with E-state index < -0.39 is 11.7 Å². The molecule has 1 fully saturated rings. The van der Waals surface area contributed by atoms with Gasteiger partial charge in [-0.1, -0.05) is 24.3 Å². The molecule has 0 radical (unpaired) electrons. The largest absolute Gasteiger partial charge is 0.315 e. The second-order valence-corrected chi connectivity index (χ2v) is 8.27. The molecule has 4 aromatic rings. The molecule has 5 rings (SSSR count). The van der Waals surface area contributed by atoms with Gasteiger partial charge in [-0.05, 0) is 55.5 Å². The number of rotatable bonds is 4. The minimum absolute atomic E-state index is 0.0144. The van der Waals surface area contributed by atoms with Crippen LogP contribution in [-0.4, -0.2) is 40.0 Å². The Kier molecular flexibility index (Phi) is 5.79. The lowest BCUT2D eigenvalue weighted by molar-refractivity contribution is 0.0968. The van der Waals surface area contributed by atoms with Crippen LogP contribution in [0, 0.1) is 12.7 Å². The molecule has 0 spiro atoms. The molecular formula is C26H24FN5O. The van der Waals surface area contributed by atoms with Crippen LogP contribution >= 0.6 is 0 Å². The number of nitrogens with one attached hydrogen (secondary N) is 1. The normalized spacial score (nSPS) is 16.0. The summed E-state index contributed by atoms with van der Waals surface area (Å²) in [5.41, 5.74) is 2.16. The zero-order valence-electron chi connectivity index (χ0n) is 18.3. The highest BCUT2D eigenvalue weighted by molar-refractivity contribution is 6.11. The molecule has 0 aliphatic carbocycles. The third kappa shape index (κ3) is 4.07. The summed E-state index contributed by atoms with van der Waals surface area (Å²) in [6.07, 6.45) is 8.15. The molecule has 1 saturated heterocycles. The Balaban J connectivity index is 1.61. The van der Waals surface area contributed by atoms with Gasteiger partial charge in [-0.25, -0.2) is 9.37 Å². The highest BCUT2D eigenvalue weighted by atomic mass is 19.1. The summed E-state index contributed by atoms with van der Waals surface area (Å²) in [7, 11) is 0. The van der Waals surface area contributed by atoms with Crippen molar-refractivity contribution in [2.75, 3.05) is 18.0 Å². The number of carbonyl (C=O) groups excluding carboxylic acids is 1. The summed E-state index contributed by atoms with van der Waals surface area (Å²) >= 11 is 0. The summed E-state index contributed by atoms with van der Waals surface area (Å²) < 4.78 is 15.3. The van der Waals surface area contributed by atoms with Gasteiger partial charge < -0.3 is 5.32 Å². The van der Waals surface area contributed by atoms with E-state index in [9.17, 15) is 4.79 Å². The van der Waals surface area contributed by atoms with E-state index in [1.807, 2.05) is 31.2 Å². The van der Waals surface area contributed by atoms with Gasteiger partial charge in [-0.2, -0.15) is 0 Å². The molecule has 1 atom stereocenters. The average molecular weight is 442 g/mol. The first-order valence-electron chi connectivity index (χ1n) is 11.1. The van der Waals surface area contributed by atoms with Crippen molar-refractivity contribution in [1.29, 1.82) is 0 Å². The number of hydrogen-bond donors (Lipinski definition) is 1. The van der Waals surface area contributed by atoms with E-state index in [0.717, 1.165) is 35.7 Å². The van der Waals surface area contributed by atoms with Crippen molar-refractivity contribution in [3.63, 3.8) is 0 Å². The topological polar surface area (TPSA) is 71.0 Å². The van der Waals surface area contributed by atoms with E-state index in [4.69, 9.17) is 0 Å². The number of nitrogens with zero attached hydrogens (tertiary/aromatic N) is 4. The molecule has 6 nitrogen and oxygen atoms in total. The van der Waals surface area contributed by atoms with Crippen LogP contribution in [0.1, 0.15) is 28.8 Å². The lowest BCUT2D eigenvalue weighted by Gasteiger charge is -2.35. The van der Waals surface area contributed by atoms with Crippen molar-refractivity contribution in [3.8, 4) is 11.3 Å². The standard InChI is InChI=1S/C26H24FN5O/c1-17-4-2-5-18-9-11-31-25(24(17)18)32(20-6-3-10-28-15-20)26(33)21-8-7-19(14-22(21)27)23-16-29-12-13-30-23/h2,4-5,7-9,11-14,16,20,28H,3,6,10,15H2,1H3/t20-/m1/s1. The molecule has 0 bridgehead atoms. The molecular weight excluding hydrogens is 417 g/mol. The van der Waals surface area contributed by atoms with Crippen molar-refractivity contribution in [2.45, 2.75) is 25.8 Å². The number of benzene rings is 2. The molecule has 2 aromatic heterocycles. The van der Waals surface area contributed by atoms with E-state index in [2.05, 4.69) is 20.3 Å². The minimum Gasteiger partial charge on any atom is -0.315 e. The van der Waals surface area contributed by atoms with Crippen molar-refractivity contribution in [1.82, 2.24) is 20.3 Å². The van der Waals surface area contributed by atoms with Crippen LogP contribution in [0.25, 0.3) is 22.0 Å². The van der Waals surface area contributed by atoms with Crippen molar-refractivity contribution >= 4 is 22.5 Å². The molecule has 1 aliphatic rings. The average Bonchev–Trinajstić information content (AvgIpc) is 2.85. The SMILES string of the molecule is Cc1cccc2ccnc(N(C(=O)c3ccc(-c4cnccn4)cc3F)[C@@H]3CCCNC3)c12. The summed E-state index contributed by atoms with van der Waals surface area (Å²) in [4.78, 5) is 28.4. The summed E-state index contributed by atoms with van der Waals surface area (Å²) in [6.45, 7) is 3.54. The lowest BCUT2D eigenvalue weighted by Crippen LogP contribution is -2.49. The maximum absolute atomic E-state index is 15.3. The van der Waals surface area contributed by atoms with Crippen LogP contribution in [0.3, 0.4) is 0 Å². The monoisotopic (exact) mass is 441 g/mol. The van der Waals surface area contributed by atoms with Gasteiger partial charge >= 0.3 is 0 Å². The van der Waals surface area contributed by atoms with Gasteiger partial charge in [0.2, 0.25) is 0 Å². The molecule has 1 aliphatic heterocycles. The minimum atomic E-state index is -0.589. The number of fused-ring (bicyclic) bond motifs is 1. The first kappa shape index (κ1) is 21.2. The van der Waals surface area contributed by atoms with Gasteiger partial charge in [0.1, 0.15) is 11.6 Å². The third-order valence-electron chi connectivity index (χ3n) is 6.12. The number of hydrogen-bond acceptors (Lipinski definition) is 5. The van der Waals surface area contributed by atoms with Gasteiger partial charge in [0.15, 0.2) is 0 Å². The number of pyridine rings is 1. The van der Waals surface area contributed by atoms with Gasteiger partial charge in [0.25, 0.3) is 5.91 Å². The smallest absolute Gasteiger partial charge is 0.262 e. The first-order valence-corrected chi connectivity index (χ1v) is 11.1.